The van der Waals surface area contributed by atoms with Crippen LogP contribution in [-0.4, -0.2) is 21.9 Å². The number of hydrogen-bond acceptors (Lipinski definition) is 2. The van der Waals surface area contributed by atoms with Gasteiger partial charge < -0.3 is 0 Å². The first-order chi connectivity index (χ1) is 17.0. The van der Waals surface area contributed by atoms with E-state index in [-0.39, 0.29) is 21.9 Å². The average Bonchev–Trinajstić information content (AvgIpc) is 2.86. The first-order valence-corrected chi connectivity index (χ1v) is 15.4. The fraction of sp³-hybridized carbons (Fsp3) is 0.567. The monoisotopic (exact) mass is 554 g/mol. The predicted octanol–water partition coefficient (Wildman–Crippen LogP) is 10.9. The quantitative estimate of drug-likeness (QED) is 0.0973. The Morgan fingerprint density at radius 3 is 1.83 bits per heavy atom. The number of ketones is 1. The summed E-state index contributed by atoms with van der Waals surface area (Å²) in [5.74, 6) is 0.113. The summed E-state index contributed by atoms with van der Waals surface area (Å²) in [7, 11) is 0. The van der Waals surface area contributed by atoms with Crippen LogP contribution in [-0.2, 0) is 0 Å². The second-order valence-electron chi connectivity index (χ2n) is 9.39. The SMILES string of the molecule is CCCCCCCCC(Cl)C(Cl)CCCCCC(Cl)CC(=O)c1ccc(Sc2ccccc2)cc1. The molecule has 0 heterocycles. The molecule has 0 aliphatic heterocycles. The first kappa shape index (κ1) is 30.6. The van der Waals surface area contributed by atoms with E-state index in [1.807, 2.05) is 42.5 Å². The minimum absolute atomic E-state index is 0.0451. The van der Waals surface area contributed by atoms with E-state index < -0.39 is 0 Å². The van der Waals surface area contributed by atoms with Crippen LogP contribution < -0.4 is 0 Å². The van der Waals surface area contributed by atoms with Gasteiger partial charge in [0.05, 0.1) is 0 Å². The molecule has 0 saturated heterocycles. The molecule has 0 fully saturated rings. The Morgan fingerprint density at radius 1 is 0.686 bits per heavy atom. The van der Waals surface area contributed by atoms with E-state index in [1.54, 1.807) is 11.8 Å². The largest absolute Gasteiger partial charge is 0.294 e. The van der Waals surface area contributed by atoms with Crippen LogP contribution in [0.3, 0.4) is 0 Å². The Labute approximate surface area is 232 Å². The summed E-state index contributed by atoms with van der Waals surface area (Å²) in [6.07, 6.45) is 14.1. The Hall–Kier alpha value is -0.670. The van der Waals surface area contributed by atoms with Gasteiger partial charge in [-0.05, 0) is 43.5 Å². The number of halogens is 3. The molecule has 0 N–H and O–H groups in total. The third kappa shape index (κ3) is 13.4. The molecule has 0 amide bonds. The van der Waals surface area contributed by atoms with Crippen molar-refractivity contribution in [2.45, 2.75) is 116 Å². The van der Waals surface area contributed by atoms with E-state index >= 15 is 0 Å². The number of hydrogen-bond donors (Lipinski definition) is 0. The van der Waals surface area contributed by atoms with Gasteiger partial charge in [0.25, 0.3) is 0 Å². The first-order valence-electron chi connectivity index (χ1n) is 13.3. The maximum Gasteiger partial charge on any atom is 0.164 e. The Kier molecular flexibility index (Phi) is 16.2. The Balaban J connectivity index is 1.56. The third-order valence-electron chi connectivity index (χ3n) is 6.29. The second-order valence-corrected chi connectivity index (χ2v) is 12.3. The van der Waals surface area contributed by atoms with Crippen molar-refractivity contribution in [2.75, 3.05) is 0 Å². The van der Waals surface area contributed by atoms with E-state index in [1.165, 1.54) is 43.4 Å². The molecule has 0 radical (unpaired) electrons. The summed E-state index contributed by atoms with van der Waals surface area (Å²) in [5.41, 5.74) is 0.733. The molecule has 5 heteroatoms. The highest BCUT2D eigenvalue weighted by atomic mass is 35.5. The Bertz CT molecular complexity index is 812. The molecule has 0 aromatic heterocycles. The summed E-state index contributed by atoms with van der Waals surface area (Å²) in [5, 5.41) is -0.0106. The predicted molar refractivity (Wildman–Crippen MR) is 156 cm³/mol. The zero-order chi connectivity index (χ0) is 25.3. The van der Waals surface area contributed by atoms with Gasteiger partial charge in [-0.25, -0.2) is 0 Å². The molecule has 3 unspecified atom stereocenters. The molecule has 0 aliphatic rings. The lowest BCUT2D eigenvalue weighted by Gasteiger charge is -2.16. The minimum atomic E-state index is -0.124. The maximum absolute atomic E-state index is 12.6. The van der Waals surface area contributed by atoms with Gasteiger partial charge in [-0.2, -0.15) is 0 Å². The van der Waals surface area contributed by atoms with Crippen molar-refractivity contribution in [3.05, 3.63) is 60.2 Å². The molecular weight excluding hydrogens is 515 g/mol. The zero-order valence-corrected chi connectivity index (χ0v) is 24.2. The molecule has 194 valence electrons. The van der Waals surface area contributed by atoms with Crippen molar-refractivity contribution in [3.63, 3.8) is 0 Å². The van der Waals surface area contributed by atoms with Gasteiger partial charge >= 0.3 is 0 Å². The van der Waals surface area contributed by atoms with Gasteiger partial charge in [-0.1, -0.05) is 107 Å². The zero-order valence-electron chi connectivity index (χ0n) is 21.1. The number of Topliss-reactive ketones (excluding diaryl/α,β-unsaturated/α-hetero) is 1. The van der Waals surface area contributed by atoms with Crippen LogP contribution >= 0.6 is 46.6 Å². The molecular formula is C30H41Cl3OS. The summed E-state index contributed by atoms with van der Waals surface area (Å²) in [4.78, 5) is 14.9. The van der Waals surface area contributed by atoms with Crippen LogP contribution in [0.4, 0.5) is 0 Å². The molecule has 0 aliphatic carbocycles. The fourth-order valence-electron chi connectivity index (χ4n) is 4.12. The van der Waals surface area contributed by atoms with Crippen LogP contribution in [0.25, 0.3) is 0 Å². The molecule has 0 saturated carbocycles. The maximum atomic E-state index is 12.6. The van der Waals surface area contributed by atoms with Crippen molar-refractivity contribution >= 4 is 52.3 Å². The summed E-state index contributed by atoms with van der Waals surface area (Å²) in [6.45, 7) is 2.24. The van der Waals surface area contributed by atoms with Crippen LogP contribution in [0.15, 0.2) is 64.4 Å². The topological polar surface area (TPSA) is 17.1 Å². The van der Waals surface area contributed by atoms with Gasteiger partial charge in [-0.15, -0.1) is 34.8 Å². The molecule has 0 bridgehead atoms. The Morgan fingerprint density at radius 2 is 1.20 bits per heavy atom. The highest BCUT2D eigenvalue weighted by Gasteiger charge is 2.17. The number of carbonyl (C=O) groups is 1. The van der Waals surface area contributed by atoms with Crippen LogP contribution in [0.2, 0.25) is 0 Å². The van der Waals surface area contributed by atoms with Crippen molar-refractivity contribution in [1.29, 1.82) is 0 Å². The normalized spacial score (nSPS) is 13.9. The summed E-state index contributed by atoms with van der Waals surface area (Å²) < 4.78 is 0. The van der Waals surface area contributed by atoms with Crippen molar-refractivity contribution in [2.24, 2.45) is 0 Å². The van der Waals surface area contributed by atoms with E-state index in [0.717, 1.165) is 49.0 Å². The van der Waals surface area contributed by atoms with E-state index in [4.69, 9.17) is 34.8 Å². The number of unbranched alkanes of at least 4 members (excludes halogenated alkanes) is 7. The smallest absolute Gasteiger partial charge is 0.164 e. The van der Waals surface area contributed by atoms with Crippen LogP contribution in [0, 0.1) is 0 Å². The van der Waals surface area contributed by atoms with Gasteiger partial charge in [0, 0.05) is 37.9 Å². The standard InChI is InChI=1S/C30H41Cl3OS/c1-2-3-4-5-6-12-17-28(32)29(33)18-13-7-9-14-25(31)23-30(34)24-19-21-27(22-20-24)35-26-15-10-8-11-16-26/h8,10-11,15-16,19-22,25,28-29H,2-7,9,12-14,17-18,23H2,1H3. The highest BCUT2D eigenvalue weighted by Crippen LogP contribution is 2.28. The molecule has 2 rings (SSSR count). The highest BCUT2D eigenvalue weighted by molar-refractivity contribution is 7.99. The summed E-state index contributed by atoms with van der Waals surface area (Å²) in [6, 6.07) is 18.1. The molecule has 2 aromatic rings. The van der Waals surface area contributed by atoms with Gasteiger partial charge in [0.2, 0.25) is 0 Å². The van der Waals surface area contributed by atoms with Crippen LogP contribution in [0.5, 0.6) is 0 Å². The van der Waals surface area contributed by atoms with Gasteiger partial charge in [0.1, 0.15) is 0 Å². The lowest BCUT2D eigenvalue weighted by Crippen LogP contribution is -2.15. The van der Waals surface area contributed by atoms with E-state index in [9.17, 15) is 4.79 Å². The summed E-state index contributed by atoms with van der Waals surface area (Å²) >= 11 is 21.2. The molecule has 0 spiro atoms. The van der Waals surface area contributed by atoms with Crippen molar-refractivity contribution in [3.8, 4) is 0 Å². The number of rotatable bonds is 19. The molecule has 35 heavy (non-hydrogen) atoms. The second kappa shape index (κ2) is 18.6. The van der Waals surface area contributed by atoms with Gasteiger partial charge in [0.15, 0.2) is 5.78 Å². The number of alkyl halides is 3. The molecule has 2 aromatic carbocycles. The minimum Gasteiger partial charge on any atom is -0.294 e. The molecule has 3 atom stereocenters. The van der Waals surface area contributed by atoms with Crippen molar-refractivity contribution in [1.82, 2.24) is 0 Å². The fourth-order valence-corrected chi connectivity index (χ4v) is 5.81. The molecule has 1 nitrogen and oxygen atoms in total. The van der Waals surface area contributed by atoms with E-state index in [2.05, 4.69) is 19.1 Å². The number of benzene rings is 2. The lowest BCUT2D eigenvalue weighted by molar-refractivity contribution is 0.0980. The average molecular weight is 556 g/mol. The van der Waals surface area contributed by atoms with Crippen LogP contribution in [0.1, 0.15) is 101 Å². The number of carbonyl (C=O) groups excluding carboxylic acids is 1. The third-order valence-corrected chi connectivity index (χ3v) is 8.85. The van der Waals surface area contributed by atoms with E-state index in [0.29, 0.717) is 6.42 Å². The lowest BCUT2D eigenvalue weighted by atomic mass is 10.0. The van der Waals surface area contributed by atoms with Gasteiger partial charge in [-0.3, -0.25) is 4.79 Å². The van der Waals surface area contributed by atoms with Crippen molar-refractivity contribution < 1.29 is 4.79 Å².